The molecule has 0 aliphatic heterocycles. The Morgan fingerprint density at radius 1 is 0.710 bits per heavy atom. The van der Waals surface area contributed by atoms with E-state index in [1.807, 2.05) is 24.3 Å². The first-order valence-corrected chi connectivity index (χ1v) is 10.5. The van der Waals surface area contributed by atoms with Gasteiger partial charge < -0.3 is 14.6 Å². The maximum Gasteiger partial charge on any atom is 0.347 e. The number of phenolic OH excluding ortho intramolecular Hbond substituents is 1. The Balaban J connectivity index is 1.65. The van der Waals surface area contributed by atoms with Gasteiger partial charge in [-0.05, 0) is 66.4 Å². The molecule has 0 unspecified atom stereocenters. The Morgan fingerprint density at radius 3 is 1.65 bits per heavy atom. The van der Waals surface area contributed by atoms with E-state index >= 15 is 0 Å². The van der Waals surface area contributed by atoms with Crippen LogP contribution in [0.4, 0.5) is 0 Å². The van der Waals surface area contributed by atoms with Gasteiger partial charge in [-0.1, -0.05) is 51.0 Å². The molecule has 0 aliphatic rings. The van der Waals surface area contributed by atoms with Gasteiger partial charge in [-0.15, -0.1) is 0 Å². The van der Waals surface area contributed by atoms with Crippen LogP contribution in [0.5, 0.6) is 17.2 Å². The summed E-state index contributed by atoms with van der Waals surface area (Å²) in [5.74, 6) is -0.865. The third-order valence-corrected chi connectivity index (χ3v) is 4.80. The minimum atomic E-state index is -0.702. The molecule has 0 heterocycles. The highest BCUT2D eigenvalue weighted by atomic mass is 16.5. The zero-order chi connectivity index (χ0) is 22.2. The lowest BCUT2D eigenvalue weighted by Crippen LogP contribution is -2.11. The van der Waals surface area contributed by atoms with Gasteiger partial charge in [0.25, 0.3) is 0 Å². The van der Waals surface area contributed by atoms with Crippen LogP contribution in [-0.4, -0.2) is 17.0 Å². The first-order valence-electron chi connectivity index (χ1n) is 10.5. The molecule has 0 aromatic heterocycles. The molecule has 0 spiro atoms. The molecule has 0 fully saturated rings. The highest BCUT2D eigenvalue weighted by Crippen LogP contribution is 2.23. The van der Waals surface area contributed by atoms with Crippen molar-refractivity contribution in [1.29, 1.82) is 0 Å². The van der Waals surface area contributed by atoms with Crippen LogP contribution in [0.3, 0.4) is 0 Å². The molecule has 0 atom stereocenters. The van der Waals surface area contributed by atoms with Gasteiger partial charge in [0.2, 0.25) is 0 Å². The Morgan fingerprint density at radius 2 is 1.19 bits per heavy atom. The number of benzene rings is 3. The highest BCUT2D eigenvalue weighted by Gasteiger charge is 2.17. The summed E-state index contributed by atoms with van der Waals surface area (Å²) in [4.78, 5) is 24.8. The van der Waals surface area contributed by atoms with Crippen LogP contribution < -0.4 is 9.47 Å². The number of carbonyl (C=O) groups is 2. The summed E-state index contributed by atoms with van der Waals surface area (Å²) in [6.07, 6.45) is 3.99. The average molecular weight is 418 g/mol. The average Bonchev–Trinajstić information content (AvgIpc) is 2.76. The second-order valence-electron chi connectivity index (χ2n) is 7.30. The molecule has 3 aromatic rings. The number of carbonyl (C=O) groups excluding carboxylic acids is 2. The lowest BCUT2D eigenvalue weighted by molar-refractivity contribution is 0.0717. The molecule has 0 saturated heterocycles. The van der Waals surface area contributed by atoms with Crippen molar-refractivity contribution in [3.63, 3.8) is 0 Å². The Kier molecular flexibility index (Phi) is 7.44. The molecule has 0 radical (unpaired) electrons. The molecule has 0 aliphatic carbocycles. The van der Waals surface area contributed by atoms with Gasteiger partial charge in [-0.2, -0.15) is 0 Å². The fraction of sp³-hybridized carbons (Fsp3) is 0.231. The van der Waals surface area contributed by atoms with Crippen molar-refractivity contribution in [2.75, 3.05) is 0 Å². The van der Waals surface area contributed by atoms with Gasteiger partial charge in [-0.25, -0.2) is 9.59 Å². The summed E-state index contributed by atoms with van der Waals surface area (Å²) in [6.45, 7) is 4.20. The number of ether oxygens (including phenoxy) is 2. The van der Waals surface area contributed by atoms with Crippen LogP contribution in [0, 0.1) is 0 Å². The molecule has 3 rings (SSSR count). The Labute approximate surface area is 182 Å². The van der Waals surface area contributed by atoms with E-state index in [4.69, 9.17) is 9.47 Å². The zero-order valence-corrected chi connectivity index (χ0v) is 17.8. The maximum absolute atomic E-state index is 12.4. The van der Waals surface area contributed by atoms with Gasteiger partial charge in [0, 0.05) is 0 Å². The van der Waals surface area contributed by atoms with Crippen LogP contribution in [0.15, 0.2) is 66.7 Å². The monoisotopic (exact) mass is 418 g/mol. The molecule has 0 bridgehead atoms. The lowest BCUT2D eigenvalue weighted by atomic mass is 10.1. The van der Waals surface area contributed by atoms with Crippen molar-refractivity contribution >= 4 is 11.9 Å². The Bertz CT molecular complexity index is 1040. The standard InChI is InChI=1S/C26H26O5/c1-3-5-18-7-12-21(13-8-18)30-25(28)20-11-16-23(24(27)17-20)26(29)31-22-14-9-19(6-4-2)10-15-22/h7-17,27H,3-6H2,1-2H3. The summed E-state index contributed by atoms with van der Waals surface area (Å²) < 4.78 is 10.7. The normalized spacial score (nSPS) is 10.5. The third kappa shape index (κ3) is 5.95. The van der Waals surface area contributed by atoms with Crippen molar-refractivity contribution in [3.8, 4) is 17.2 Å². The smallest absolute Gasteiger partial charge is 0.347 e. The summed E-state index contributed by atoms with van der Waals surface area (Å²) >= 11 is 0. The van der Waals surface area contributed by atoms with Crippen LogP contribution in [-0.2, 0) is 12.8 Å². The van der Waals surface area contributed by atoms with Gasteiger partial charge in [0.1, 0.15) is 22.8 Å². The van der Waals surface area contributed by atoms with Crippen LogP contribution in [0.2, 0.25) is 0 Å². The van der Waals surface area contributed by atoms with E-state index in [9.17, 15) is 14.7 Å². The molecule has 3 aromatic carbocycles. The van der Waals surface area contributed by atoms with Gasteiger partial charge in [0.05, 0.1) is 5.56 Å². The van der Waals surface area contributed by atoms with Gasteiger partial charge in [0.15, 0.2) is 0 Å². The van der Waals surface area contributed by atoms with Gasteiger partial charge >= 0.3 is 11.9 Å². The number of hydrogen-bond acceptors (Lipinski definition) is 5. The molecule has 160 valence electrons. The minimum absolute atomic E-state index is 0.0295. The summed E-state index contributed by atoms with van der Waals surface area (Å²) in [5, 5.41) is 10.3. The first-order chi connectivity index (χ1) is 15.0. The molecular formula is C26H26O5. The molecule has 0 saturated carbocycles. The van der Waals surface area contributed by atoms with Crippen LogP contribution in [0.25, 0.3) is 0 Å². The molecular weight excluding hydrogens is 392 g/mol. The predicted molar refractivity (Wildman–Crippen MR) is 119 cm³/mol. The van der Waals surface area contributed by atoms with Crippen LogP contribution >= 0.6 is 0 Å². The quantitative estimate of drug-likeness (QED) is 0.373. The van der Waals surface area contributed by atoms with Crippen molar-refractivity contribution < 1.29 is 24.2 Å². The second-order valence-corrected chi connectivity index (χ2v) is 7.30. The minimum Gasteiger partial charge on any atom is -0.507 e. The zero-order valence-electron chi connectivity index (χ0n) is 17.8. The first kappa shape index (κ1) is 22.1. The summed E-state index contributed by atoms with van der Waals surface area (Å²) in [7, 11) is 0. The molecule has 0 amide bonds. The van der Waals surface area contributed by atoms with E-state index < -0.39 is 11.9 Å². The van der Waals surface area contributed by atoms with E-state index in [1.54, 1.807) is 24.3 Å². The SMILES string of the molecule is CCCc1ccc(OC(=O)c2ccc(C(=O)Oc3ccc(CCC)cc3)c(O)c2)cc1. The van der Waals surface area contributed by atoms with E-state index in [1.165, 1.54) is 23.8 Å². The number of rotatable bonds is 8. The Hall–Kier alpha value is -3.60. The third-order valence-electron chi connectivity index (χ3n) is 4.80. The van der Waals surface area contributed by atoms with Crippen molar-refractivity contribution in [2.45, 2.75) is 39.5 Å². The summed E-state index contributed by atoms with van der Waals surface area (Å²) in [5.41, 5.74) is 2.43. The van der Waals surface area contributed by atoms with Crippen LogP contribution in [0.1, 0.15) is 58.5 Å². The van der Waals surface area contributed by atoms with E-state index in [-0.39, 0.29) is 16.9 Å². The predicted octanol–water partition coefficient (Wildman–Crippen LogP) is 5.74. The van der Waals surface area contributed by atoms with Crippen molar-refractivity contribution in [1.82, 2.24) is 0 Å². The number of esters is 2. The lowest BCUT2D eigenvalue weighted by Gasteiger charge is -2.09. The fourth-order valence-corrected chi connectivity index (χ4v) is 3.18. The molecule has 1 N–H and O–H groups in total. The van der Waals surface area contributed by atoms with E-state index in [0.717, 1.165) is 31.2 Å². The van der Waals surface area contributed by atoms with E-state index in [2.05, 4.69) is 13.8 Å². The van der Waals surface area contributed by atoms with Gasteiger partial charge in [-0.3, -0.25) is 0 Å². The summed E-state index contributed by atoms with van der Waals surface area (Å²) in [6, 6.07) is 18.5. The number of aryl methyl sites for hydroxylation is 2. The second kappa shape index (κ2) is 10.4. The number of aromatic hydroxyl groups is 1. The molecule has 5 heteroatoms. The largest absolute Gasteiger partial charge is 0.507 e. The number of hydrogen-bond donors (Lipinski definition) is 1. The van der Waals surface area contributed by atoms with Crippen molar-refractivity contribution in [2.24, 2.45) is 0 Å². The molecule has 31 heavy (non-hydrogen) atoms. The maximum atomic E-state index is 12.4. The van der Waals surface area contributed by atoms with Crippen molar-refractivity contribution in [3.05, 3.63) is 89.0 Å². The molecule has 5 nitrogen and oxygen atoms in total. The fourth-order valence-electron chi connectivity index (χ4n) is 3.18. The van der Waals surface area contributed by atoms with E-state index in [0.29, 0.717) is 11.5 Å². The highest BCUT2D eigenvalue weighted by molar-refractivity contribution is 5.97. The topological polar surface area (TPSA) is 72.8 Å². The number of phenols is 1.